The predicted molar refractivity (Wildman–Crippen MR) is 109 cm³/mol. The molecule has 0 amide bonds. The number of halogens is 2. The van der Waals surface area contributed by atoms with E-state index in [0.29, 0.717) is 33.3 Å². The first kappa shape index (κ1) is 19.7. The molecule has 0 aliphatic heterocycles. The van der Waals surface area contributed by atoms with Gasteiger partial charge in [-0.25, -0.2) is 17.9 Å². The fourth-order valence-corrected chi connectivity index (χ4v) is 4.10. The van der Waals surface area contributed by atoms with Crippen LogP contribution in [0.2, 0.25) is 0 Å². The molecule has 0 saturated heterocycles. The Balaban J connectivity index is 2.37. The molecule has 0 aromatic heterocycles. The van der Waals surface area contributed by atoms with Gasteiger partial charge in [-0.1, -0.05) is 46.3 Å². The SMILES string of the molecule is CNCc1ccc(-c2ccccc2F)c(-c2cc(Br)ccc2S(N)(=O)=O)c1. The first-order valence-corrected chi connectivity index (χ1v) is 10.5. The Labute approximate surface area is 166 Å². The predicted octanol–water partition coefficient (Wildman–Crippen LogP) is 4.29. The Morgan fingerprint density at radius 2 is 1.70 bits per heavy atom. The molecule has 3 N–H and O–H groups in total. The van der Waals surface area contributed by atoms with Crippen LogP contribution in [0.3, 0.4) is 0 Å². The molecule has 4 nitrogen and oxygen atoms in total. The fraction of sp³-hybridized carbons (Fsp3) is 0.100. The molecule has 0 heterocycles. The van der Waals surface area contributed by atoms with Crippen molar-refractivity contribution in [3.8, 4) is 22.3 Å². The van der Waals surface area contributed by atoms with Crippen LogP contribution >= 0.6 is 15.9 Å². The lowest BCUT2D eigenvalue weighted by Crippen LogP contribution is -2.13. The van der Waals surface area contributed by atoms with E-state index in [9.17, 15) is 12.8 Å². The number of nitrogens with two attached hydrogens (primary N) is 1. The van der Waals surface area contributed by atoms with Gasteiger partial charge in [0.05, 0.1) is 4.90 Å². The molecule has 0 aliphatic carbocycles. The third kappa shape index (κ3) is 4.27. The summed E-state index contributed by atoms with van der Waals surface area (Å²) in [5.41, 5.74) is 2.94. The molecule has 0 atom stereocenters. The summed E-state index contributed by atoms with van der Waals surface area (Å²) in [6, 6.07) is 16.7. The fourth-order valence-electron chi connectivity index (χ4n) is 3.00. The van der Waals surface area contributed by atoms with Crippen LogP contribution in [-0.4, -0.2) is 15.5 Å². The van der Waals surface area contributed by atoms with Crippen LogP contribution in [0.15, 0.2) is 70.0 Å². The number of nitrogens with one attached hydrogen (secondary N) is 1. The number of rotatable bonds is 5. The zero-order chi connectivity index (χ0) is 19.6. The third-order valence-corrected chi connectivity index (χ3v) is 5.63. The molecule has 3 rings (SSSR count). The van der Waals surface area contributed by atoms with Gasteiger partial charge in [-0.3, -0.25) is 0 Å². The Morgan fingerprint density at radius 1 is 0.963 bits per heavy atom. The van der Waals surface area contributed by atoms with E-state index in [1.165, 1.54) is 12.1 Å². The summed E-state index contributed by atoms with van der Waals surface area (Å²) in [6.45, 7) is 0.587. The van der Waals surface area contributed by atoms with Gasteiger partial charge in [0.15, 0.2) is 0 Å². The van der Waals surface area contributed by atoms with Crippen LogP contribution in [-0.2, 0) is 16.6 Å². The number of benzene rings is 3. The Hall–Kier alpha value is -2.06. The van der Waals surface area contributed by atoms with Gasteiger partial charge in [-0.05, 0) is 54.1 Å². The molecular weight excluding hydrogens is 431 g/mol. The maximum Gasteiger partial charge on any atom is 0.238 e. The maximum atomic E-state index is 14.5. The van der Waals surface area contributed by atoms with Crippen molar-refractivity contribution in [3.05, 3.63) is 76.5 Å². The van der Waals surface area contributed by atoms with Gasteiger partial charge in [0.2, 0.25) is 10.0 Å². The van der Waals surface area contributed by atoms with Gasteiger partial charge in [0, 0.05) is 22.1 Å². The van der Waals surface area contributed by atoms with Crippen molar-refractivity contribution in [2.45, 2.75) is 11.4 Å². The Bertz CT molecular complexity index is 1100. The van der Waals surface area contributed by atoms with Crippen molar-refractivity contribution in [3.63, 3.8) is 0 Å². The first-order chi connectivity index (χ1) is 12.8. The second-order valence-electron chi connectivity index (χ2n) is 6.08. The molecular formula is C20H18BrFN2O2S. The van der Waals surface area contributed by atoms with E-state index >= 15 is 0 Å². The summed E-state index contributed by atoms with van der Waals surface area (Å²) in [7, 11) is -2.14. The molecule has 0 fully saturated rings. The molecule has 0 radical (unpaired) electrons. The highest BCUT2D eigenvalue weighted by Crippen LogP contribution is 2.38. The minimum atomic E-state index is -3.96. The van der Waals surface area contributed by atoms with Crippen LogP contribution in [0.25, 0.3) is 22.3 Å². The quantitative estimate of drug-likeness (QED) is 0.611. The number of sulfonamides is 1. The summed E-state index contributed by atoms with van der Waals surface area (Å²) in [6.07, 6.45) is 0. The van der Waals surface area contributed by atoms with Crippen molar-refractivity contribution < 1.29 is 12.8 Å². The first-order valence-electron chi connectivity index (χ1n) is 8.16. The van der Waals surface area contributed by atoms with Gasteiger partial charge < -0.3 is 5.32 Å². The molecule has 3 aromatic carbocycles. The van der Waals surface area contributed by atoms with Gasteiger partial charge in [0.1, 0.15) is 5.82 Å². The number of hydrogen-bond acceptors (Lipinski definition) is 3. The average Bonchev–Trinajstić information content (AvgIpc) is 2.61. The third-order valence-electron chi connectivity index (χ3n) is 4.17. The Kier molecular flexibility index (Phi) is 5.76. The smallest absolute Gasteiger partial charge is 0.238 e. The lowest BCUT2D eigenvalue weighted by atomic mass is 9.92. The summed E-state index contributed by atoms with van der Waals surface area (Å²) < 4.78 is 39.4. The number of primary sulfonamides is 1. The Morgan fingerprint density at radius 3 is 2.37 bits per heavy atom. The molecule has 0 bridgehead atoms. The zero-order valence-electron chi connectivity index (χ0n) is 14.5. The van der Waals surface area contributed by atoms with Crippen LogP contribution in [0, 0.1) is 5.82 Å². The van der Waals surface area contributed by atoms with Crippen LogP contribution in [0.5, 0.6) is 0 Å². The van der Waals surface area contributed by atoms with E-state index in [-0.39, 0.29) is 10.7 Å². The lowest BCUT2D eigenvalue weighted by molar-refractivity contribution is 0.598. The van der Waals surface area contributed by atoms with Crippen molar-refractivity contribution in [2.75, 3.05) is 7.05 Å². The highest BCUT2D eigenvalue weighted by molar-refractivity contribution is 9.10. The highest BCUT2D eigenvalue weighted by Gasteiger charge is 2.20. The van der Waals surface area contributed by atoms with Crippen LogP contribution in [0.4, 0.5) is 4.39 Å². The number of hydrogen-bond donors (Lipinski definition) is 2. The second-order valence-corrected chi connectivity index (χ2v) is 8.52. The molecule has 0 unspecified atom stereocenters. The largest absolute Gasteiger partial charge is 0.316 e. The van der Waals surface area contributed by atoms with Gasteiger partial charge >= 0.3 is 0 Å². The molecule has 0 saturated carbocycles. The van der Waals surface area contributed by atoms with Crippen molar-refractivity contribution in [1.29, 1.82) is 0 Å². The van der Waals surface area contributed by atoms with E-state index in [2.05, 4.69) is 21.2 Å². The van der Waals surface area contributed by atoms with Crippen molar-refractivity contribution in [1.82, 2.24) is 5.32 Å². The molecule has 0 aliphatic rings. The summed E-state index contributed by atoms with van der Waals surface area (Å²) in [5, 5.41) is 8.49. The van der Waals surface area contributed by atoms with Crippen molar-refractivity contribution in [2.24, 2.45) is 5.14 Å². The van der Waals surface area contributed by atoms with Gasteiger partial charge in [-0.15, -0.1) is 0 Å². The second kappa shape index (κ2) is 7.90. The summed E-state index contributed by atoms with van der Waals surface area (Å²) >= 11 is 3.38. The highest BCUT2D eigenvalue weighted by atomic mass is 79.9. The van der Waals surface area contributed by atoms with E-state index < -0.39 is 10.0 Å². The summed E-state index contributed by atoms with van der Waals surface area (Å²) in [5.74, 6) is -0.382. The van der Waals surface area contributed by atoms with E-state index in [1.54, 1.807) is 36.4 Å². The lowest BCUT2D eigenvalue weighted by Gasteiger charge is -2.16. The van der Waals surface area contributed by atoms with Gasteiger partial charge in [0.25, 0.3) is 0 Å². The minimum Gasteiger partial charge on any atom is -0.316 e. The zero-order valence-corrected chi connectivity index (χ0v) is 16.9. The van der Waals surface area contributed by atoms with Crippen LogP contribution in [0.1, 0.15) is 5.56 Å². The van der Waals surface area contributed by atoms with E-state index in [0.717, 1.165) is 5.56 Å². The standard InChI is InChI=1S/C20H18BrFN2O2S/c1-24-12-13-6-8-15(16-4-2-3-5-19(16)22)17(10-13)18-11-14(21)7-9-20(18)27(23,25)26/h2-11,24H,12H2,1H3,(H2,23,25,26). The normalized spacial score (nSPS) is 11.6. The molecule has 0 spiro atoms. The van der Waals surface area contributed by atoms with Crippen molar-refractivity contribution >= 4 is 26.0 Å². The molecule has 140 valence electrons. The van der Waals surface area contributed by atoms with E-state index in [1.807, 2.05) is 19.2 Å². The average molecular weight is 449 g/mol. The monoisotopic (exact) mass is 448 g/mol. The molecule has 7 heteroatoms. The molecule has 3 aromatic rings. The van der Waals surface area contributed by atoms with Gasteiger partial charge in [-0.2, -0.15) is 0 Å². The van der Waals surface area contributed by atoms with Crippen LogP contribution < -0.4 is 10.5 Å². The molecule has 27 heavy (non-hydrogen) atoms. The topological polar surface area (TPSA) is 72.2 Å². The maximum absolute atomic E-state index is 14.5. The van der Waals surface area contributed by atoms with E-state index in [4.69, 9.17) is 5.14 Å². The minimum absolute atomic E-state index is 0.00935. The summed E-state index contributed by atoms with van der Waals surface area (Å²) in [4.78, 5) is -0.00935.